The molecule has 0 amide bonds. The minimum absolute atomic E-state index is 0.120. The van der Waals surface area contributed by atoms with E-state index in [0.717, 1.165) is 16.9 Å². The quantitative estimate of drug-likeness (QED) is 0.765. The Hall–Kier alpha value is -1.46. The molecule has 0 spiro atoms. The first kappa shape index (κ1) is 15.9. The van der Waals surface area contributed by atoms with Gasteiger partial charge < -0.3 is 18.8 Å². The SMILES string of the molecule is COCC(C)n1c(C(C)Cl)nc2cc(OC)c(OC)cc21. The van der Waals surface area contributed by atoms with E-state index in [1.807, 2.05) is 19.1 Å². The van der Waals surface area contributed by atoms with Crippen LogP contribution in [-0.4, -0.2) is 37.5 Å². The number of ether oxygens (including phenoxy) is 3. The highest BCUT2D eigenvalue weighted by Crippen LogP contribution is 2.35. The molecular weight excluding hydrogens is 292 g/mol. The zero-order valence-corrected chi connectivity index (χ0v) is 13.8. The van der Waals surface area contributed by atoms with Crippen molar-refractivity contribution in [1.82, 2.24) is 9.55 Å². The first-order valence-corrected chi connectivity index (χ1v) is 7.24. The standard InChI is InChI=1S/C15H21ClN2O3/c1-9(8-19-3)18-12-7-14(21-5)13(20-4)6-11(12)17-15(18)10(2)16/h6-7,9-10H,8H2,1-5H3. The van der Waals surface area contributed by atoms with Gasteiger partial charge in [0.1, 0.15) is 5.82 Å². The van der Waals surface area contributed by atoms with Crippen molar-refractivity contribution >= 4 is 22.6 Å². The van der Waals surface area contributed by atoms with Crippen LogP contribution in [0.2, 0.25) is 0 Å². The van der Waals surface area contributed by atoms with Crippen LogP contribution in [0.1, 0.15) is 31.1 Å². The number of aromatic nitrogens is 2. The Morgan fingerprint density at radius 1 is 1.14 bits per heavy atom. The van der Waals surface area contributed by atoms with Crippen LogP contribution in [-0.2, 0) is 4.74 Å². The number of hydrogen-bond donors (Lipinski definition) is 0. The summed E-state index contributed by atoms with van der Waals surface area (Å²) in [6.07, 6.45) is 0. The third-order valence-electron chi connectivity index (χ3n) is 3.43. The zero-order chi connectivity index (χ0) is 15.6. The predicted molar refractivity (Wildman–Crippen MR) is 83.7 cm³/mol. The van der Waals surface area contributed by atoms with Crippen LogP contribution < -0.4 is 9.47 Å². The number of halogens is 1. The fourth-order valence-electron chi connectivity index (χ4n) is 2.50. The summed E-state index contributed by atoms with van der Waals surface area (Å²) in [6.45, 7) is 4.56. The highest BCUT2D eigenvalue weighted by molar-refractivity contribution is 6.20. The van der Waals surface area contributed by atoms with Crippen LogP contribution >= 0.6 is 11.6 Å². The summed E-state index contributed by atoms with van der Waals surface area (Å²) in [5.74, 6) is 2.14. The second kappa shape index (κ2) is 6.54. The van der Waals surface area contributed by atoms with Crippen molar-refractivity contribution in [3.05, 3.63) is 18.0 Å². The van der Waals surface area contributed by atoms with Gasteiger partial charge in [-0.2, -0.15) is 0 Å². The van der Waals surface area contributed by atoms with Gasteiger partial charge in [0.25, 0.3) is 0 Å². The van der Waals surface area contributed by atoms with Gasteiger partial charge in [0, 0.05) is 19.2 Å². The Morgan fingerprint density at radius 3 is 2.29 bits per heavy atom. The molecule has 5 nitrogen and oxygen atoms in total. The molecule has 0 aliphatic rings. The molecular formula is C15H21ClN2O3. The lowest BCUT2D eigenvalue weighted by atomic mass is 10.2. The number of imidazole rings is 1. The van der Waals surface area contributed by atoms with Crippen molar-refractivity contribution in [2.45, 2.75) is 25.3 Å². The van der Waals surface area contributed by atoms with Crippen LogP contribution in [0, 0.1) is 0 Å². The lowest BCUT2D eigenvalue weighted by molar-refractivity contribution is 0.162. The van der Waals surface area contributed by atoms with E-state index < -0.39 is 0 Å². The summed E-state index contributed by atoms with van der Waals surface area (Å²) in [4.78, 5) is 4.64. The summed E-state index contributed by atoms with van der Waals surface area (Å²) in [6, 6.07) is 3.91. The molecule has 2 unspecified atom stereocenters. The first-order chi connectivity index (χ1) is 10.0. The number of methoxy groups -OCH3 is 3. The van der Waals surface area contributed by atoms with E-state index >= 15 is 0 Å². The number of hydrogen-bond acceptors (Lipinski definition) is 4. The normalized spacial score (nSPS) is 14.2. The molecule has 0 radical (unpaired) electrons. The van der Waals surface area contributed by atoms with E-state index in [4.69, 9.17) is 25.8 Å². The molecule has 2 rings (SSSR count). The molecule has 1 aromatic heterocycles. The highest BCUT2D eigenvalue weighted by Gasteiger charge is 2.21. The van der Waals surface area contributed by atoms with Gasteiger partial charge in [-0.25, -0.2) is 4.98 Å². The molecule has 2 aromatic rings. The maximum Gasteiger partial charge on any atom is 0.163 e. The number of benzene rings is 1. The molecule has 0 aliphatic carbocycles. The lowest BCUT2D eigenvalue weighted by Gasteiger charge is -2.18. The van der Waals surface area contributed by atoms with E-state index in [1.165, 1.54) is 0 Å². The van der Waals surface area contributed by atoms with Gasteiger partial charge in [-0.05, 0) is 13.8 Å². The third-order valence-corrected chi connectivity index (χ3v) is 3.62. The van der Waals surface area contributed by atoms with Crippen molar-refractivity contribution in [3.63, 3.8) is 0 Å². The second-order valence-electron chi connectivity index (χ2n) is 4.96. The van der Waals surface area contributed by atoms with Crippen LogP contribution in [0.25, 0.3) is 11.0 Å². The summed E-state index contributed by atoms with van der Waals surface area (Å²) in [5, 5.41) is -0.200. The zero-order valence-electron chi connectivity index (χ0n) is 13.0. The molecule has 0 saturated heterocycles. The van der Waals surface area contributed by atoms with Crippen LogP contribution in [0.5, 0.6) is 11.5 Å². The average Bonchev–Trinajstić information content (AvgIpc) is 2.84. The Labute approximate surface area is 129 Å². The largest absolute Gasteiger partial charge is 0.493 e. The molecule has 116 valence electrons. The van der Waals surface area contributed by atoms with Gasteiger partial charge in [0.2, 0.25) is 0 Å². The molecule has 0 aliphatic heterocycles. The van der Waals surface area contributed by atoms with Gasteiger partial charge in [-0.15, -0.1) is 11.6 Å². The first-order valence-electron chi connectivity index (χ1n) is 6.80. The van der Waals surface area contributed by atoms with Gasteiger partial charge in [-0.1, -0.05) is 0 Å². The van der Waals surface area contributed by atoms with Crippen molar-refractivity contribution < 1.29 is 14.2 Å². The highest BCUT2D eigenvalue weighted by atomic mass is 35.5. The molecule has 21 heavy (non-hydrogen) atoms. The van der Waals surface area contributed by atoms with Crippen LogP contribution in [0.4, 0.5) is 0 Å². The van der Waals surface area contributed by atoms with E-state index in [-0.39, 0.29) is 11.4 Å². The van der Waals surface area contributed by atoms with Crippen molar-refractivity contribution in [2.75, 3.05) is 27.9 Å². The van der Waals surface area contributed by atoms with Gasteiger partial charge >= 0.3 is 0 Å². The molecule has 1 heterocycles. The molecule has 0 saturated carbocycles. The fraction of sp³-hybridized carbons (Fsp3) is 0.533. The average molecular weight is 313 g/mol. The van der Waals surface area contributed by atoms with Gasteiger partial charge in [0.15, 0.2) is 11.5 Å². The Morgan fingerprint density at radius 2 is 1.76 bits per heavy atom. The van der Waals surface area contributed by atoms with E-state index in [9.17, 15) is 0 Å². The van der Waals surface area contributed by atoms with Gasteiger partial charge in [-0.3, -0.25) is 0 Å². The molecule has 1 aromatic carbocycles. The minimum atomic E-state index is -0.200. The summed E-state index contributed by atoms with van der Waals surface area (Å²) in [7, 11) is 4.91. The van der Waals surface area contributed by atoms with E-state index in [1.54, 1.807) is 21.3 Å². The molecule has 0 fully saturated rings. The number of fused-ring (bicyclic) bond motifs is 1. The van der Waals surface area contributed by atoms with Gasteiger partial charge in [0.05, 0.1) is 43.3 Å². The van der Waals surface area contributed by atoms with Crippen molar-refractivity contribution in [3.8, 4) is 11.5 Å². The van der Waals surface area contributed by atoms with E-state index in [2.05, 4.69) is 16.5 Å². The Kier molecular flexibility index (Phi) is 4.96. The third kappa shape index (κ3) is 2.94. The van der Waals surface area contributed by atoms with Crippen LogP contribution in [0.3, 0.4) is 0 Å². The Bertz CT molecular complexity index is 625. The smallest absolute Gasteiger partial charge is 0.163 e. The van der Waals surface area contributed by atoms with E-state index in [0.29, 0.717) is 18.1 Å². The minimum Gasteiger partial charge on any atom is -0.493 e. The predicted octanol–water partition coefficient (Wildman–Crippen LogP) is 3.56. The molecule has 6 heteroatoms. The summed E-state index contributed by atoms with van der Waals surface area (Å²) in [5.41, 5.74) is 1.79. The number of nitrogens with zero attached hydrogens (tertiary/aromatic N) is 2. The van der Waals surface area contributed by atoms with Crippen molar-refractivity contribution in [2.24, 2.45) is 0 Å². The fourth-order valence-corrected chi connectivity index (χ4v) is 2.65. The maximum absolute atomic E-state index is 6.28. The topological polar surface area (TPSA) is 45.5 Å². The summed E-state index contributed by atoms with van der Waals surface area (Å²) < 4.78 is 18.1. The lowest BCUT2D eigenvalue weighted by Crippen LogP contribution is -2.14. The molecule has 0 N–H and O–H groups in total. The number of alkyl halides is 1. The monoisotopic (exact) mass is 312 g/mol. The Balaban J connectivity index is 2.69. The molecule has 2 atom stereocenters. The number of rotatable bonds is 6. The van der Waals surface area contributed by atoms with Crippen molar-refractivity contribution in [1.29, 1.82) is 0 Å². The maximum atomic E-state index is 6.28. The summed E-state index contributed by atoms with van der Waals surface area (Å²) >= 11 is 6.28. The van der Waals surface area contributed by atoms with Crippen LogP contribution in [0.15, 0.2) is 12.1 Å². The molecule has 0 bridgehead atoms. The second-order valence-corrected chi connectivity index (χ2v) is 5.61.